The van der Waals surface area contributed by atoms with Crippen molar-refractivity contribution in [2.75, 3.05) is 25.9 Å². The average Bonchev–Trinajstić information content (AvgIpc) is 3.42. The molecule has 0 saturated carbocycles. The summed E-state index contributed by atoms with van der Waals surface area (Å²) in [6.07, 6.45) is -14.6. The van der Waals surface area contributed by atoms with Crippen molar-refractivity contribution in [2.45, 2.75) is 70.4 Å². The molecule has 0 bridgehead atoms. The number of carbonyl (C=O) groups is 3. The minimum Gasteiger partial charge on any atom is -0.497 e. The number of rotatable bonds is 16. The molecule has 8 N–H and O–H groups in total. The molecule has 0 spiro atoms. The Morgan fingerprint density at radius 2 is 1.46 bits per heavy atom. The van der Waals surface area contributed by atoms with Crippen LogP contribution in [0.25, 0.3) is 10.9 Å². The van der Waals surface area contributed by atoms with Crippen LogP contribution in [0.15, 0.2) is 59.1 Å². The molecule has 15 heteroatoms. The van der Waals surface area contributed by atoms with E-state index in [9.17, 15) is 45.0 Å². The van der Waals surface area contributed by atoms with E-state index in [0.29, 0.717) is 73.9 Å². The highest BCUT2D eigenvalue weighted by atomic mass is 79.9. The zero-order valence-corrected chi connectivity index (χ0v) is 31.4. The fourth-order valence-electron chi connectivity index (χ4n) is 6.00. The number of nitrogens with zero attached hydrogens (tertiary/aromatic N) is 2. The Morgan fingerprint density at radius 1 is 0.865 bits per heavy atom. The summed E-state index contributed by atoms with van der Waals surface area (Å²) in [5.74, 6) is -2.01. The maximum Gasteiger partial charge on any atom is 0.262 e. The van der Waals surface area contributed by atoms with Gasteiger partial charge in [0.15, 0.2) is 11.6 Å². The van der Waals surface area contributed by atoms with Crippen molar-refractivity contribution in [3.05, 3.63) is 92.0 Å². The lowest BCUT2D eigenvalue weighted by molar-refractivity contribution is -0.158. The van der Waals surface area contributed by atoms with Crippen LogP contribution >= 0.6 is 27.5 Å². The van der Waals surface area contributed by atoms with Crippen LogP contribution in [0.1, 0.15) is 51.4 Å². The normalized spacial score (nSPS) is 15.2. The summed E-state index contributed by atoms with van der Waals surface area (Å²) in [5, 5.41) is 65.4. The molecule has 0 aliphatic carbocycles. The Labute approximate surface area is 313 Å². The highest BCUT2D eigenvalue weighted by Gasteiger charge is 2.41. The Bertz CT molecular complexity index is 1930. The maximum absolute atomic E-state index is 13.6. The Hall–Kier alpha value is -3.70. The lowest BCUT2D eigenvalue weighted by atomic mass is 9.90. The number of nitrogen functional groups attached to an aromatic ring is 1. The van der Waals surface area contributed by atoms with E-state index in [0.717, 1.165) is 0 Å². The minimum absolute atomic E-state index is 0.0482. The van der Waals surface area contributed by atoms with Crippen molar-refractivity contribution in [1.29, 1.82) is 0 Å². The molecule has 0 radical (unpaired) electrons. The van der Waals surface area contributed by atoms with Gasteiger partial charge < -0.3 is 41.1 Å². The van der Waals surface area contributed by atoms with Crippen molar-refractivity contribution in [1.82, 2.24) is 9.47 Å². The largest absolute Gasteiger partial charge is 0.497 e. The molecular weight excluding hydrogens is 762 g/mol. The van der Waals surface area contributed by atoms with Crippen LogP contribution in [0.3, 0.4) is 0 Å². The minimum atomic E-state index is -2.39. The topological polar surface area (TPSA) is 216 Å². The summed E-state index contributed by atoms with van der Waals surface area (Å²) >= 11 is 9.30. The van der Waals surface area contributed by atoms with E-state index >= 15 is 0 Å². The standard InChI is InChI=1S/C37H43BrClN3O10/c1-5-41(6-2)17-21-13-20(14-26(38)29(21)40)30(44)32(46)34(48)36(50)35(49)33(47)31(45)28(43)16-24-18(3)42(27-12-11-23(52-4)15-25(24)27)37(51)19-7-9-22(39)10-8-19/h7-15,31-36,45-50H,5-6,16-17,40H2,1-4H3/t31?,32?,33-,34-,35-,36-/m1/s1. The summed E-state index contributed by atoms with van der Waals surface area (Å²) in [6, 6.07) is 13.9. The highest BCUT2D eigenvalue weighted by Crippen LogP contribution is 2.32. The molecule has 280 valence electrons. The second-order valence-corrected chi connectivity index (χ2v) is 13.7. The highest BCUT2D eigenvalue weighted by molar-refractivity contribution is 9.10. The van der Waals surface area contributed by atoms with E-state index in [4.69, 9.17) is 22.1 Å². The van der Waals surface area contributed by atoms with Gasteiger partial charge in [-0.2, -0.15) is 0 Å². The molecule has 52 heavy (non-hydrogen) atoms. The molecule has 4 aromatic rings. The lowest BCUT2D eigenvalue weighted by Gasteiger charge is -2.30. The Kier molecular flexibility index (Phi) is 13.8. The molecule has 0 aliphatic rings. The second kappa shape index (κ2) is 17.4. The molecule has 2 unspecified atom stereocenters. The molecule has 1 aromatic heterocycles. The van der Waals surface area contributed by atoms with E-state index in [1.807, 2.05) is 18.7 Å². The fourth-order valence-corrected chi connectivity index (χ4v) is 6.63. The summed E-state index contributed by atoms with van der Waals surface area (Å²) in [7, 11) is 1.44. The van der Waals surface area contributed by atoms with Gasteiger partial charge in [0.2, 0.25) is 0 Å². The number of aliphatic hydroxyl groups is 6. The number of aliphatic hydroxyl groups excluding tert-OH is 6. The van der Waals surface area contributed by atoms with Crippen LogP contribution in [0.2, 0.25) is 5.02 Å². The van der Waals surface area contributed by atoms with E-state index in [1.54, 1.807) is 49.4 Å². The summed E-state index contributed by atoms with van der Waals surface area (Å²) in [4.78, 5) is 42.3. The zero-order valence-electron chi connectivity index (χ0n) is 29.0. The molecular formula is C37H43BrClN3O10. The van der Waals surface area contributed by atoms with Crippen molar-refractivity contribution in [2.24, 2.45) is 0 Å². The Morgan fingerprint density at radius 3 is 2.04 bits per heavy atom. The Balaban J connectivity index is 1.53. The van der Waals surface area contributed by atoms with Crippen LogP contribution in [0.4, 0.5) is 5.69 Å². The maximum atomic E-state index is 13.6. The van der Waals surface area contributed by atoms with Crippen molar-refractivity contribution < 1.29 is 49.8 Å². The second-order valence-electron chi connectivity index (χ2n) is 12.4. The number of methoxy groups -OCH3 is 1. The monoisotopic (exact) mass is 803 g/mol. The van der Waals surface area contributed by atoms with Gasteiger partial charge in [0.25, 0.3) is 5.91 Å². The SMILES string of the molecule is CCN(CC)Cc1cc(C(=O)C(O)[C@@H](O)[C@@H](O)[C@H](O)[C@H](O)C(O)C(=O)Cc2c(C)n(C(=O)c3ccc(Cl)cc3)c3ccc(OC)cc23)cc(Br)c1N. The zero-order chi connectivity index (χ0) is 38.6. The van der Waals surface area contributed by atoms with Crippen molar-refractivity contribution in [3.63, 3.8) is 0 Å². The predicted octanol–water partition coefficient (Wildman–Crippen LogP) is 2.65. The molecule has 1 heterocycles. The van der Waals surface area contributed by atoms with Gasteiger partial charge in [-0.1, -0.05) is 25.4 Å². The number of nitrogens with two attached hydrogens (primary N) is 1. The number of Topliss-reactive ketones (excluding diaryl/α,β-unsaturated/α-hetero) is 2. The summed E-state index contributed by atoms with van der Waals surface area (Å²) < 4.78 is 7.10. The number of hydrogen-bond donors (Lipinski definition) is 7. The van der Waals surface area contributed by atoms with Crippen molar-refractivity contribution in [3.8, 4) is 5.75 Å². The third-order valence-electron chi connectivity index (χ3n) is 9.27. The molecule has 4 rings (SSSR count). The first kappa shape index (κ1) is 41.1. The van der Waals surface area contributed by atoms with Crippen LogP contribution < -0.4 is 10.5 Å². The third kappa shape index (κ3) is 8.57. The number of benzene rings is 3. The number of carbonyl (C=O) groups excluding carboxylic acids is 3. The van der Waals surface area contributed by atoms with E-state index < -0.39 is 60.5 Å². The number of fused-ring (bicyclic) bond motifs is 1. The molecule has 13 nitrogen and oxygen atoms in total. The quantitative estimate of drug-likeness (QED) is 0.0643. The average molecular weight is 805 g/mol. The number of halogens is 2. The number of aromatic nitrogens is 1. The molecule has 3 aromatic carbocycles. The van der Waals surface area contributed by atoms with E-state index in [-0.39, 0.29) is 5.56 Å². The molecule has 6 atom stereocenters. The van der Waals surface area contributed by atoms with Gasteiger partial charge in [-0.25, -0.2) is 0 Å². The van der Waals surface area contributed by atoms with Gasteiger partial charge in [-0.3, -0.25) is 23.9 Å². The smallest absolute Gasteiger partial charge is 0.262 e. The first-order valence-corrected chi connectivity index (χ1v) is 17.7. The number of ketones is 2. The molecule has 0 fully saturated rings. The van der Waals surface area contributed by atoms with Gasteiger partial charge >= 0.3 is 0 Å². The van der Waals surface area contributed by atoms with E-state index in [1.165, 1.54) is 23.8 Å². The molecule has 0 aliphatic heterocycles. The number of hydrogen-bond acceptors (Lipinski definition) is 12. The van der Waals surface area contributed by atoms with Gasteiger partial charge in [-0.15, -0.1) is 0 Å². The van der Waals surface area contributed by atoms with Crippen LogP contribution in [0.5, 0.6) is 5.75 Å². The van der Waals surface area contributed by atoms with Gasteiger partial charge in [0.05, 0.1) is 18.3 Å². The van der Waals surface area contributed by atoms with Crippen LogP contribution in [0, 0.1) is 6.92 Å². The van der Waals surface area contributed by atoms with E-state index in [2.05, 4.69) is 15.9 Å². The third-order valence-corrected chi connectivity index (χ3v) is 10.2. The predicted molar refractivity (Wildman–Crippen MR) is 199 cm³/mol. The lowest BCUT2D eigenvalue weighted by Crippen LogP contribution is -2.55. The van der Waals surface area contributed by atoms with Crippen LogP contribution in [-0.2, 0) is 17.8 Å². The fraction of sp³-hybridized carbons (Fsp3) is 0.378. The number of anilines is 1. The van der Waals surface area contributed by atoms with Gasteiger partial charge in [0, 0.05) is 44.7 Å². The first-order valence-electron chi connectivity index (χ1n) is 16.5. The summed E-state index contributed by atoms with van der Waals surface area (Å²) in [5.41, 5.74) is 8.51. The summed E-state index contributed by atoms with van der Waals surface area (Å²) in [6.45, 7) is 7.32. The molecule has 0 saturated heterocycles. The van der Waals surface area contributed by atoms with Gasteiger partial charge in [-0.05, 0) is 102 Å². The van der Waals surface area contributed by atoms with Crippen molar-refractivity contribution >= 4 is 61.6 Å². The van der Waals surface area contributed by atoms with Gasteiger partial charge in [0.1, 0.15) is 42.4 Å². The van der Waals surface area contributed by atoms with Crippen LogP contribution in [-0.4, -0.2) is 114 Å². The molecule has 0 amide bonds. The first-order chi connectivity index (χ1) is 24.6. The number of ether oxygens (including phenoxy) is 1.